The Morgan fingerprint density at radius 1 is 1.38 bits per heavy atom. The Labute approximate surface area is 151 Å². The molecule has 1 aliphatic heterocycles. The molecule has 0 spiro atoms. The van der Waals surface area contributed by atoms with Gasteiger partial charge < -0.3 is 14.1 Å². The Kier molecular flexibility index (Phi) is 5.40. The summed E-state index contributed by atoms with van der Waals surface area (Å²) in [7, 11) is 1.30. The van der Waals surface area contributed by atoms with Crippen molar-refractivity contribution in [1.29, 1.82) is 0 Å². The Morgan fingerprint density at radius 3 is 2.81 bits per heavy atom. The van der Waals surface area contributed by atoms with Crippen LogP contribution in [-0.2, 0) is 20.9 Å². The molecule has 26 heavy (non-hydrogen) atoms. The van der Waals surface area contributed by atoms with E-state index in [9.17, 15) is 18.8 Å². The molecule has 1 atom stereocenters. The number of carbonyl (C=O) groups excluding carboxylic acids is 2. The van der Waals surface area contributed by atoms with E-state index in [2.05, 4.69) is 5.10 Å². The first-order valence-corrected chi connectivity index (χ1v) is 8.84. The van der Waals surface area contributed by atoms with Crippen LogP contribution < -0.4 is 5.76 Å². The van der Waals surface area contributed by atoms with Gasteiger partial charge in [0.15, 0.2) is 0 Å². The molecule has 3 rings (SSSR count). The second kappa shape index (κ2) is 7.73. The van der Waals surface area contributed by atoms with Crippen molar-refractivity contribution in [2.75, 3.05) is 26.0 Å². The zero-order valence-electron chi connectivity index (χ0n) is 13.9. The molecule has 0 saturated carbocycles. The highest BCUT2D eigenvalue weighted by atomic mass is 32.2. The Bertz CT molecular complexity index is 864. The van der Waals surface area contributed by atoms with Gasteiger partial charge in [0.1, 0.15) is 17.6 Å². The number of benzene rings is 1. The molecule has 0 bridgehead atoms. The summed E-state index contributed by atoms with van der Waals surface area (Å²) in [6.07, 6.45) is 0. The third kappa shape index (κ3) is 3.96. The van der Waals surface area contributed by atoms with E-state index in [4.69, 9.17) is 9.15 Å². The smallest absolute Gasteiger partial charge is 0.437 e. The van der Waals surface area contributed by atoms with Gasteiger partial charge >= 0.3 is 11.7 Å². The number of hydrogen-bond donors (Lipinski definition) is 0. The van der Waals surface area contributed by atoms with Gasteiger partial charge in [0.05, 0.1) is 7.11 Å². The molecule has 0 unspecified atom stereocenters. The van der Waals surface area contributed by atoms with Gasteiger partial charge in [0.25, 0.3) is 0 Å². The first-order chi connectivity index (χ1) is 12.5. The molecule has 1 aliphatic rings. The van der Waals surface area contributed by atoms with E-state index < -0.39 is 16.8 Å². The van der Waals surface area contributed by atoms with Crippen LogP contribution in [0.3, 0.4) is 0 Å². The largest absolute Gasteiger partial charge is 0.468 e. The van der Waals surface area contributed by atoms with Crippen molar-refractivity contribution < 1.29 is 23.1 Å². The molecule has 1 saturated heterocycles. The Morgan fingerprint density at radius 2 is 2.12 bits per heavy atom. The molecule has 1 amide bonds. The lowest BCUT2D eigenvalue weighted by Gasteiger charge is -2.30. The van der Waals surface area contributed by atoms with Gasteiger partial charge in [-0.1, -0.05) is 0 Å². The molecule has 0 aliphatic carbocycles. The van der Waals surface area contributed by atoms with Crippen LogP contribution in [0.2, 0.25) is 0 Å². The van der Waals surface area contributed by atoms with Crippen molar-refractivity contribution in [3.8, 4) is 11.5 Å². The first kappa shape index (κ1) is 18.2. The van der Waals surface area contributed by atoms with Gasteiger partial charge in [-0.3, -0.25) is 9.59 Å². The van der Waals surface area contributed by atoms with Gasteiger partial charge in [0.2, 0.25) is 11.8 Å². The number of esters is 1. The molecule has 0 radical (unpaired) electrons. The van der Waals surface area contributed by atoms with E-state index >= 15 is 0 Å². The number of methoxy groups -OCH3 is 1. The summed E-state index contributed by atoms with van der Waals surface area (Å²) < 4.78 is 23.6. The maximum absolute atomic E-state index is 13.0. The van der Waals surface area contributed by atoms with Gasteiger partial charge in [-0.05, 0) is 24.3 Å². The fraction of sp³-hybridized carbons (Fsp3) is 0.375. The number of ether oxygens (including phenoxy) is 1. The molecule has 1 aromatic heterocycles. The molecule has 0 N–H and O–H groups in total. The van der Waals surface area contributed by atoms with E-state index in [0.29, 0.717) is 17.9 Å². The number of amides is 1. The van der Waals surface area contributed by atoms with Crippen LogP contribution in [0.5, 0.6) is 0 Å². The second-order valence-corrected chi connectivity index (χ2v) is 6.87. The van der Waals surface area contributed by atoms with Crippen LogP contribution in [0.1, 0.15) is 0 Å². The summed E-state index contributed by atoms with van der Waals surface area (Å²) in [4.78, 5) is 37.5. The van der Waals surface area contributed by atoms with Crippen molar-refractivity contribution in [2.24, 2.45) is 0 Å². The average molecular weight is 381 g/mol. The number of nitrogens with zero attached hydrogens (tertiary/aromatic N) is 3. The normalized spacial score (nSPS) is 17.2. The molecule has 10 heteroatoms. The quantitative estimate of drug-likeness (QED) is 0.722. The Balaban J connectivity index is 1.70. The first-order valence-electron chi connectivity index (χ1n) is 7.79. The van der Waals surface area contributed by atoms with Crippen LogP contribution in [0.25, 0.3) is 11.5 Å². The molecule has 2 aromatic rings. The summed E-state index contributed by atoms with van der Waals surface area (Å²) >= 11 is 1.43. The fourth-order valence-corrected chi connectivity index (χ4v) is 3.62. The Hall–Kier alpha value is -2.62. The molecule has 8 nitrogen and oxygen atoms in total. The van der Waals surface area contributed by atoms with Gasteiger partial charge in [0, 0.05) is 24.4 Å². The minimum absolute atomic E-state index is 0.00411. The van der Waals surface area contributed by atoms with Crippen LogP contribution in [-0.4, -0.2) is 57.8 Å². The van der Waals surface area contributed by atoms with Crippen LogP contribution in [0.4, 0.5) is 4.39 Å². The highest BCUT2D eigenvalue weighted by molar-refractivity contribution is 8.00. The summed E-state index contributed by atoms with van der Waals surface area (Å²) in [6.45, 7) is 0.379. The summed E-state index contributed by atoms with van der Waals surface area (Å²) in [5.74, 6) is -1.34. The van der Waals surface area contributed by atoms with E-state index in [1.165, 1.54) is 48.0 Å². The molecular weight excluding hydrogens is 365 g/mol. The highest BCUT2D eigenvalue weighted by Crippen LogP contribution is 2.20. The minimum atomic E-state index is -0.784. The average Bonchev–Trinajstić information content (AvgIpc) is 3.02. The molecule has 138 valence electrons. The van der Waals surface area contributed by atoms with E-state index in [0.717, 1.165) is 4.68 Å². The lowest BCUT2D eigenvalue weighted by molar-refractivity contribution is -0.141. The number of rotatable bonds is 4. The second-order valence-electron chi connectivity index (χ2n) is 5.56. The lowest BCUT2D eigenvalue weighted by atomic mass is 10.2. The SMILES string of the molecule is COC(=O)[C@H]1CN(C(=O)Cn2nc(-c3ccc(F)cc3)oc2=O)CCS1. The van der Waals surface area contributed by atoms with E-state index in [1.807, 2.05) is 0 Å². The summed E-state index contributed by atoms with van der Waals surface area (Å²) in [5, 5.41) is 3.54. The molecule has 1 aromatic carbocycles. The van der Waals surface area contributed by atoms with Gasteiger partial charge in [-0.25, -0.2) is 9.18 Å². The number of carbonyl (C=O) groups is 2. The third-order valence-corrected chi connectivity index (χ3v) is 5.03. The predicted molar refractivity (Wildman–Crippen MR) is 91.0 cm³/mol. The number of thioether (sulfide) groups is 1. The minimum Gasteiger partial charge on any atom is -0.468 e. The van der Waals surface area contributed by atoms with Crippen molar-refractivity contribution in [3.63, 3.8) is 0 Å². The fourth-order valence-electron chi connectivity index (χ4n) is 2.49. The number of halogens is 1. The lowest BCUT2D eigenvalue weighted by Crippen LogP contribution is -2.46. The van der Waals surface area contributed by atoms with E-state index in [-0.39, 0.29) is 30.9 Å². The maximum Gasteiger partial charge on any atom is 0.437 e. The zero-order valence-corrected chi connectivity index (χ0v) is 14.7. The topological polar surface area (TPSA) is 94.6 Å². The third-order valence-electron chi connectivity index (χ3n) is 3.87. The van der Waals surface area contributed by atoms with Crippen molar-refractivity contribution in [2.45, 2.75) is 11.8 Å². The highest BCUT2D eigenvalue weighted by Gasteiger charge is 2.30. The molecule has 2 heterocycles. The monoisotopic (exact) mass is 381 g/mol. The van der Waals surface area contributed by atoms with Crippen LogP contribution in [0, 0.1) is 5.82 Å². The van der Waals surface area contributed by atoms with Gasteiger partial charge in [-0.2, -0.15) is 4.68 Å². The van der Waals surface area contributed by atoms with Crippen molar-refractivity contribution >= 4 is 23.6 Å². The number of hydrogen-bond acceptors (Lipinski definition) is 7. The van der Waals surface area contributed by atoms with Crippen LogP contribution in [0.15, 0.2) is 33.5 Å². The van der Waals surface area contributed by atoms with E-state index in [1.54, 1.807) is 0 Å². The summed E-state index contributed by atoms with van der Waals surface area (Å²) in [6, 6.07) is 5.29. The maximum atomic E-state index is 13.0. The molecular formula is C16H16FN3O5S. The summed E-state index contributed by atoms with van der Waals surface area (Å²) in [5.41, 5.74) is 0.426. The standard InChI is InChI=1S/C16H16FN3O5S/c1-24-15(22)12-8-19(6-7-26-12)13(21)9-20-16(23)25-14(18-20)10-2-4-11(17)5-3-10/h2-5,12H,6-9H2,1H3/t12-/m1/s1. The predicted octanol–water partition coefficient (Wildman–Crippen LogP) is 0.759. The van der Waals surface area contributed by atoms with Crippen LogP contribution >= 0.6 is 11.8 Å². The number of aromatic nitrogens is 2. The zero-order chi connectivity index (χ0) is 18.7. The van der Waals surface area contributed by atoms with Gasteiger partial charge in [-0.15, -0.1) is 16.9 Å². The van der Waals surface area contributed by atoms with Crippen molar-refractivity contribution in [3.05, 3.63) is 40.6 Å². The molecule has 1 fully saturated rings. The van der Waals surface area contributed by atoms with Crippen molar-refractivity contribution in [1.82, 2.24) is 14.7 Å².